The van der Waals surface area contributed by atoms with Crippen LogP contribution in [-0.2, 0) is 14.9 Å². The number of piperidine rings is 2. The van der Waals surface area contributed by atoms with E-state index in [0.717, 1.165) is 24.9 Å². The molecule has 34 heavy (non-hydrogen) atoms. The first-order valence-corrected chi connectivity index (χ1v) is 13.1. The molecule has 6 nitrogen and oxygen atoms in total. The summed E-state index contributed by atoms with van der Waals surface area (Å²) in [4.78, 5) is 30.1. The third-order valence-electron chi connectivity index (χ3n) is 10.5. The lowest BCUT2D eigenvalue weighted by atomic mass is 9.59. The van der Waals surface area contributed by atoms with Gasteiger partial charge in [-0.1, -0.05) is 32.4 Å². The van der Waals surface area contributed by atoms with Gasteiger partial charge in [-0.15, -0.1) is 0 Å². The Morgan fingerprint density at radius 2 is 1.94 bits per heavy atom. The Balaban J connectivity index is 1.46. The molecular weight excluding hydrogens is 426 g/mol. The van der Waals surface area contributed by atoms with E-state index in [4.69, 9.17) is 4.74 Å². The predicted octanol–water partition coefficient (Wildman–Crippen LogP) is 3.89. The molecular formula is C28H39N3O3. The molecule has 3 saturated heterocycles. The van der Waals surface area contributed by atoms with Gasteiger partial charge in [-0.2, -0.15) is 0 Å². The second-order valence-corrected chi connectivity index (χ2v) is 12.8. The number of para-hydroxylation sites is 1. The maximum absolute atomic E-state index is 14.0. The molecule has 184 valence electrons. The molecule has 1 aliphatic carbocycles. The summed E-state index contributed by atoms with van der Waals surface area (Å²) in [5.74, 6) is 0.402. The van der Waals surface area contributed by atoms with E-state index in [1.807, 2.05) is 26.0 Å². The molecule has 5 aliphatic rings. The van der Waals surface area contributed by atoms with Crippen LogP contribution < -0.4 is 10.6 Å². The zero-order valence-corrected chi connectivity index (χ0v) is 21.5. The molecule has 6 rings (SSSR count). The van der Waals surface area contributed by atoms with E-state index >= 15 is 0 Å². The molecule has 6 unspecified atom stereocenters. The molecule has 1 saturated carbocycles. The van der Waals surface area contributed by atoms with Crippen molar-refractivity contribution in [3.05, 3.63) is 29.3 Å². The Kier molecular flexibility index (Phi) is 4.62. The molecule has 0 aromatic heterocycles. The van der Waals surface area contributed by atoms with Gasteiger partial charge >= 0.3 is 0 Å². The number of rotatable bonds is 3. The predicted molar refractivity (Wildman–Crippen MR) is 132 cm³/mol. The Hall–Kier alpha value is -1.76. The summed E-state index contributed by atoms with van der Waals surface area (Å²) in [6, 6.07) is 7.07. The lowest BCUT2D eigenvalue weighted by molar-refractivity contribution is -0.124. The number of nitrogens with one attached hydrogen (secondary N) is 2. The van der Waals surface area contributed by atoms with Crippen molar-refractivity contribution in [3.63, 3.8) is 0 Å². The number of anilines is 1. The van der Waals surface area contributed by atoms with Crippen molar-refractivity contribution in [1.29, 1.82) is 0 Å². The van der Waals surface area contributed by atoms with Crippen LogP contribution in [0.15, 0.2) is 18.2 Å². The van der Waals surface area contributed by atoms with Gasteiger partial charge in [0, 0.05) is 29.7 Å². The van der Waals surface area contributed by atoms with Gasteiger partial charge in [0.2, 0.25) is 5.91 Å². The van der Waals surface area contributed by atoms with Crippen molar-refractivity contribution in [3.8, 4) is 0 Å². The molecule has 4 fully saturated rings. The van der Waals surface area contributed by atoms with Crippen LogP contribution in [0.5, 0.6) is 0 Å². The van der Waals surface area contributed by atoms with Gasteiger partial charge in [0.25, 0.3) is 0 Å². The van der Waals surface area contributed by atoms with Crippen LogP contribution in [-0.4, -0.2) is 59.5 Å². The molecule has 2 N–H and O–H groups in total. The van der Waals surface area contributed by atoms with Gasteiger partial charge in [-0.05, 0) is 76.5 Å². The molecule has 4 heterocycles. The molecule has 1 spiro atoms. The van der Waals surface area contributed by atoms with E-state index in [-0.39, 0.29) is 22.6 Å². The minimum Gasteiger partial charge on any atom is -0.358 e. The van der Waals surface area contributed by atoms with E-state index in [9.17, 15) is 9.59 Å². The van der Waals surface area contributed by atoms with Crippen LogP contribution in [0.4, 0.5) is 5.69 Å². The number of Topliss-reactive ketones (excluding diaryl/α,β-unsaturated/α-hetero) is 1. The Morgan fingerprint density at radius 1 is 1.21 bits per heavy atom. The minimum absolute atomic E-state index is 0.0262. The maximum Gasteiger partial charge on any atom is 0.235 e. The molecule has 6 atom stereocenters. The SMILES string of the molecule is CNC12CN3C(C)CCCC3CC1C(C)(C)C1(C2)C(=O)Nc2c(C(=O)C3OC3(C)C)cccc21. The van der Waals surface area contributed by atoms with E-state index in [2.05, 4.69) is 49.4 Å². The van der Waals surface area contributed by atoms with Crippen LogP contribution in [0.2, 0.25) is 0 Å². The summed E-state index contributed by atoms with van der Waals surface area (Å²) < 4.78 is 5.66. The topological polar surface area (TPSA) is 74.0 Å². The Labute approximate surface area is 203 Å². The first kappa shape index (κ1) is 22.7. The van der Waals surface area contributed by atoms with Gasteiger partial charge < -0.3 is 15.4 Å². The zero-order valence-electron chi connectivity index (χ0n) is 21.5. The summed E-state index contributed by atoms with van der Waals surface area (Å²) in [6.45, 7) is 11.8. The molecule has 6 heteroatoms. The standard InChI is InChI=1S/C28H39N3O3/c1-16-9-7-10-17-13-20-25(2,3)28(14-27(20,29-6)15-31(16)17)19-12-8-11-18(21(19)30-24(28)33)22(32)23-26(4,5)34-23/h8,11-12,16-17,20,23,29H,7,9-10,13-15H2,1-6H3,(H,30,33). The molecule has 1 amide bonds. The fourth-order valence-corrected chi connectivity index (χ4v) is 8.50. The minimum atomic E-state index is -0.663. The summed E-state index contributed by atoms with van der Waals surface area (Å²) in [6.07, 6.45) is 5.23. The number of likely N-dealkylation sites (N-methyl/N-ethyl adjacent to an activating group) is 1. The maximum atomic E-state index is 14.0. The molecule has 0 bridgehead atoms. The quantitative estimate of drug-likeness (QED) is 0.523. The normalized spacial score (nSPS) is 41.5. The number of fused-ring (bicyclic) bond motifs is 4. The number of benzene rings is 1. The Morgan fingerprint density at radius 3 is 2.62 bits per heavy atom. The van der Waals surface area contributed by atoms with E-state index < -0.39 is 17.1 Å². The zero-order chi connectivity index (χ0) is 24.3. The average molecular weight is 466 g/mol. The van der Waals surface area contributed by atoms with E-state index in [1.165, 1.54) is 19.3 Å². The first-order valence-electron chi connectivity index (χ1n) is 13.1. The summed E-state index contributed by atoms with van der Waals surface area (Å²) >= 11 is 0. The number of epoxide rings is 1. The number of hydrogen-bond acceptors (Lipinski definition) is 5. The second kappa shape index (κ2) is 6.92. The largest absolute Gasteiger partial charge is 0.358 e. The van der Waals surface area contributed by atoms with Crippen molar-refractivity contribution in [2.24, 2.45) is 11.3 Å². The van der Waals surface area contributed by atoms with E-state index in [1.54, 1.807) is 0 Å². The van der Waals surface area contributed by atoms with Crippen molar-refractivity contribution in [2.45, 2.75) is 101 Å². The smallest absolute Gasteiger partial charge is 0.235 e. The summed E-state index contributed by atoms with van der Waals surface area (Å²) in [5, 5.41) is 6.97. The van der Waals surface area contributed by atoms with Crippen molar-refractivity contribution < 1.29 is 14.3 Å². The van der Waals surface area contributed by atoms with Crippen LogP contribution in [0, 0.1) is 11.3 Å². The highest BCUT2D eigenvalue weighted by molar-refractivity contribution is 6.15. The van der Waals surface area contributed by atoms with Gasteiger partial charge in [0.05, 0.1) is 16.7 Å². The number of hydrogen-bond donors (Lipinski definition) is 2. The number of amides is 1. The fourth-order valence-electron chi connectivity index (χ4n) is 8.50. The lowest BCUT2D eigenvalue weighted by Crippen LogP contribution is -2.65. The van der Waals surface area contributed by atoms with Crippen molar-refractivity contribution in [2.75, 3.05) is 18.9 Å². The Bertz CT molecular complexity index is 1080. The van der Waals surface area contributed by atoms with Crippen LogP contribution in [0.3, 0.4) is 0 Å². The first-order chi connectivity index (χ1) is 16.0. The molecule has 1 aromatic rings. The van der Waals surface area contributed by atoms with Crippen LogP contribution in [0.25, 0.3) is 0 Å². The van der Waals surface area contributed by atoms with Crippen LogP contribution >= 0.6 is 0 Å². The third kappa shape index (κ3) is 2.68. The monoisotopic (exact) mass is 465 g/mol. The second-order valence-electron chi connectivity index (χ2n) is 12.8. The van der Waals surface area contributed by atoms with Gasteiger partial charge in [-0.25, -0.2) is 0 Å². The lowest BCUT2D eigenvalue weighted by Gasteiger charge is -2.55. The van der Waals surface area contributed by atoms with E-state index in [0.29, 0.717) is 29.3 Å². The molecule has 4 aliphatic heterocycles. The number of carbonyl (C=O) groups excluding carboxylic acids is 2. The highest BCUT2D eigenvalue weighted by atomic mass is 16.6. The number of ketones is 1. The highest BCUT2D eigenvalue weighted by Crippen LogP contribution is 2.67. The number of nitrogens with zero attached hydrogens (tertiary/aromatic N) is 1. The third-order valence-corrected chi connectivity index (χ3v) is 10.5. The number of carbonyl (C=O) groups is 2. The fraction of sp³-hybridized carbons (Fsp3) is 0.714. The summed E-state index contributed by atoms with van der Waals surface area (Å²) in [5.41, 5.74) is 0.827. The van der Waals surface area contributed by atoms with Crippen LogP contribution in [0.1, 0.15) is 82.6 Å². The summed E-state index contributed by atoms with van der Waals surface area (Å²) in [7, 11) is 2.08. The van der Waals surface area contributed by atoms with Gasteiger partial charge in [0.15, 0.2) is 5.78 Å². The van der Waals surface area contributed by atoms with Crippen molar-refractivity contribution in [1.82, 2.24) is 10.2 Å². The number of ether oxygens (including phenoxy) is 1. The average Bonchev–Trinajstić information content (AvgIpc) is 3.25. The molecule has 1 aromatic carbocycles. The van der Waals surface area contributed by atoms with Gasteiger partial charge in [0.1, 0.15) is 6.10 Å². The highest BCUT2D eigenvalue weighted by Gasteiger charge is 2.72. The van der Waals surface area contributed by atoms with Gasteiger partial charge in [-0.3, -0.25) is 14.5 Å². The molecule has 0 radical (unpaired) electrons. The van der Waals surface area contributed by atoms with Crippen molar-refractivity contribution >= 4 is 17.4 Å².